The zero-order valence-corrected chi connectivity index (χ0v) is 9.80. The quantitative estimate of drug-likeness (QED) is 0.648. The van der Waals surface area contributed by atoms with Crippen LogP contribution in [0.2, 0.25) is 0 Å². The normalized spacial score (nSPS) is 10.9. The summed E-state index contributed by atoms with van der Waals surface area (Å²) in [6.45, 7) is 2.18. The number of hydrogen-bond acceptors (Lipinski definition) is 1. The second-order valence-corrected chi connectivity index (χ2v) is 4.14. The van der Waals surface area contributed by atoms with Crippen molar-refractivity contribution in [2.75, 3.05) is 0 Å². The van der Waals surface area contributed by atoms with E-state index < -0.39 is 0 Å². The molecule has 17 heavy (non-hydrogen) atoms. The minimum Gasteiger partial charge on any atom is -0.316 e. The highest BCUT2D eigenvalue weighted by molar-refractivity contribution is 5.82. The third kappa shape index (κ3) is 1.72. The summed E-state index contributed by atoms with van der Waals surface area (Å²) >= 11 is 0. The first kappa shape index (κ1) is 10.1. The molecule has 0 bridgehead atoms. The van der Waals surface area contributed by atoms with Gasteiger partial charge in [-0.1, -0.05) is 13.0 Å². The van der Waals surface area contributed by atoms with Crippen molar-refractivity contribution in [3.05, 3.63) is 60.6 Å². The summed E-state index contributed by atoms with van der Waals surface area (Å²) in [5.41, 5.74) is 3.78. The molecule has 84 valence electrons. The molecule has 2 nitrogen and oxygen atoms in total. The summed E-state index contributed by atoms with van der Waals surface area (Å²) in [5, 5.41) is 1.29. The number of aromatic nitrogens is 2. The van der Waals surface area contributed by atoms with E-state index in [2.05, 4.69) is 46.9 Å². The lowest BCUT2D eigenvalue weighted by Gasteiger charge is -2.05. The number of aryl methyl sites for hydroxylation is 1. The molecular weight excluding hydrogens is 208 g/mol. The molecule has 0 saturated heterocycles. The third-order valence-corrected chi connectivity index (χ3v) is 3.10. The molecule has 0 saturated carbocycles. The van der Waals surface area contributed by atoms with Gasteiger partial charge < -0.3 is 4.57 Å². The Balaban J connectivity index is 2.19. The smallest absolute Gasteiger partial charge is 0.0528 e. The van der Waals surface area contributed by atoms with Crippen molar-refractivity contribution in [2.24, 2.45) is 0 Å². The van der Waals surface area contributed by atoms with Crippen LogP contribution in [0.1, 0.15) is 12.5 Å². The number of pyridine rings is 1. The number of nitrogens with zero attached hydrogens (tertiary/aromatic N) is 2. The Morgan fingerprint density at radius 2 is 1.88 bits per heavy atom. The molecule has 2 heterocycles. The number of rotatable bonds is 2. The van der Waals surface area contributed by atoms with Gasteiger partial charge in [-0.05, 0) is 42.3 Å². The lowest BCUT2D eigenvalue weighted by molar-refractivity contribution is 1.11. The Hall–Kier alpha value is -2.09. The van der Waals surface area contributed by atoms with Crippen LogP contribution in [0.25, 0.3) is 16.6 Å². The number of benzene rings is 1. The van der Waals surface area contributed by atoms with Gasteiger partial charge in [0.2, 0.25) is 0 Å². The van der Waals surface area contributed by atoms with Gasteiger partial charge in [0.15, 0.2) is 0 Å². The molecule has 0 aliphatic rings. The summed E-state index contributed by atoms with van der Waals surface area (Å²) in [4.78, 5) is 4.05. The highest BCUT2D eigenvalue weighted by Gasteiger charge is 2.03. The van der Waals surface area contributed by atoms with Gasteiger partial charge in [-0.3, -0.25) is 4.98 Å². The van der Waals surface area contributed by atoms with Crippen molar-refractivity contribution in [1.29, 1.82) is 0 Å². The molecule has 1 aromatic carbocycles. The topological polar surface area (TPSA) is 17.8 Å². The zero-order chi connectivity index (χ0) is 11.7. The van der Waals surface area contributed by atoms with Crippen molar-refractivity contribution in [3.8, 4) is 5.69 Å². The van der Waals surface area contributed by atoms with E-state index in [4.69, 9.17) is 0 Å². The van der Waals surface area contributed by atoms with E-state index in [9.17, 15) is 0 Å². The predicted molar refractivity (Wildman–Crippen MR) is 70.4 cm³/mol. The maximum absolute atomic E-state index is 4.05. The van der Waals surface area contributed by atoms with E-state index in [0.717, 1.165) is 12.1 Å². The fourth-order valence-electron chi connectivity index (χ4n) is 2.14. The molecule has 0 aliphatic carbocycles. The minimum atomic E-state index is 1.08. The van der Waals surface area contributed by atoms with Crippen molar-refractivity contribution < 1.29 is 0 Å². The standard InChI is InChI=1S/C15H14N2/c1-2-12-3-4-15-13(11-12)7-10-17(15)14-5-8-16-9-6-14/h3-11H,2H2,1H3. The molecule has 0 amide bonds. The van der Waals surface area contributed by atoms with Crippen molar-refractivity contribution in [1.82, 2.24) is 9.55 Å². The Morgan fingerprint density at radius 1 is 1.06 bits per heavy atom. The van der Waals surface area contributed by atoms with E-state index in [1.165, 1.54) is 16.5 Å². The molecule has 2 aromatic heterocycles. The molecule has 0 spiro atoms. The van der Waals surface area contributed by atoms with Gasteiger partial charge in [0.05, 0.1) is 5.52 Å². The summed E-state index contributed by atoms with van der Waals surface area (Å²) in [6, 6.07) is 12.8. The molecule has 0 radical (unpaired) electrons. The molecule has 0 N–H and O–H groups in total. The summed E-state index contributed by atoms with van der Waals surface area (Å²) < 4.78 is 2.19. The lowest BCUT2D eigenvalue weighted by Crippen LogP contribution is -1.91. The second kappa shape index (κ2) is 4.06. The average Bonchev–Trinajstić information content (AvgIpc) is 2.82. The summed E-state index contributed by atoms with van der Waals surface area (Å²) in [7, 11) is 0. The number of hydrogen-bond donors (Lipinski definition) is 0. The fraction of sp³-hybridized carbons (Fsp3) is 0.133. The summed E-state index contributed by atoms with van der Waals surface area (Å²) in [6.07, 6.45) is 6.83. The Kier molecular flexibility index (Phi) is 2.41. The van der Waals surface area contributed by atoms with E-state index in [0.29, 0.717) is 0 Å². The second-order valence-electron chi connectivity index (χ2n) is 4.14. The maximum atomic E-state index is 4.05. The first-order chi connectivity index (χ1) is 8.38. The highest BCUT2D eigenvalue weighted by Crippen LogP contribution is 2.21. The van der Waals surface area contributed by atoms with Crippen molar-refractivity contribution >= 4 is 10.9 Å². The van der Waals surface area contributed by atoms with Crippen LogP contribution in [0.3, 0.4) is 0 Å². The van der Waals surface area contributed by atoms with Crippen LogP contribution in [0.5, 0.6) is 0 Å². The Morgan fingerprint density at radius 3 is 2.65 bits per heavy atom. The molecule has 0 aliphatic heterocycles. The monoisotopic (exact) mass is 222 g/mol. The van der Waals surface area contributed by atoms with Gasteiger partial charge in [0.1, 0.15) is 0 Å². The Labute approximate surface area is 101 Å². The van der Waals surface area contributed by atoms with Crippen LogP contribution in [0.15, 0.2) is 55.0 Å². The van der Waals surface area contributed by atoms with Gasteiger partial charge in [-0.2, -0.15) is 0 Å². The van der Waals surface area contributed by atoms with Crippen LogP contribution < -0.4 is 0 Å². The van der Waals surface area contributed by atoms with Gasteiger partial charge in [-0.15, -0.1) is 0 Å². The predicted octanol–water partition coefficient (Wildman–Crippen LogP) is 3.59. The fourth-order valence-corrected chi connectivity index (χ4v) is 2.14. The van der Waals surface area contributed by atoms with Crippen LogP contribution in [0.4, 0.5) is 0 Å². The van der Waals surface area contributed by atoms with Gasteiger partial charge in [0.25, 0.3) is 0 Å². The maximum Gasteiger partial charge on any atom is 0.0528 e. The molecule has 0 fully saturated rings. The molecule has 0 unspecified atom stereocenters. The van der Waals surface area contributed by atoms with E-state index >= 15 is 0 Å². The molecule has 3 aromatic rings. The van der Waals surface area contributed by atoms with E-state index in [1.807, 2.05) is 24.5 Å². The van der Waals surface area contributed by atoms with Gasteiger partial charge in [0, 0.05) is 29.7 Å². The summed E-state index contributed by atoms with van der Waals surface area (Å²) in [5.74, 6) is 0. The molecule has 2 heteroatoms. The van der Waals surface area contributed by atoms with Gasteiger partial charge >= 0.3 is 0 Å². The van der Waals surface area contributed by atoms with Crippen LogP contribution in [-0.4, -0.2) is 9.55 Å². The number of fused-ring (bicyclic) bond motifs is 1. The van der Waals surface area contributed by atoms with Crippen molar-refractivity contribution in [3.63, 3.8) is 0 Å². The largest absolute Gasteiger partial charge is 0.316 e. The first-order valence-electron chi connectivity index (χ1n) is 5.89. The molecular formula is C15H14N2. The highest BCUT2D eigenvalue weighted by atomic mass is 15.0. The zero-order valence-electron chi connectivity index (χ0n) is 9.80. The van der Waals surface area contributed by atoms with Crippen molar-refractivity contribution in [2.45, 2.75) is 13.3 Å². The third-order valence-electron chi connectivity index (χ3n) is 3.10. The minimum absolute atomic E-state index is 1.08. The average molecular weight is 222 g/mol. The Bertz CT molecular complexity index is 638. The molecule has 0 atom stereocenters. The van der Waals surface area contributed by atoms with Crippen LogP contribution in [-0.2, 0) is 6.42 Å². The van der Waals surface area contributed by atoms with Crippen LogP contribution in [0, 0.1) is 0 Å². The lowest BCUT2D eigenvalue weighted by atomic mass is 10.1. The van der Waals surface area contributed by atoms with Crippen LogP contribution >= 0.6 is 0 Å². The first-order valence-corrected chi connectivity index (χ1v) is 5.89. The van der Waals surface area contributed by atoms with Gasteiger partial charge in [-0.25, -0.2) is 0 Å². The molecule has 3 rings (SSSR count). The van der Waals surface area contributed by atoms with E-state index in [1.54, 1.807) is 0 Å². The SMILES string of the molecule is CCc1ccc2c(ccn2-c2ccncc2)c1. The van der Waals surface area contributed by atoms with E-state index in [-0.39, 0.29) is 0 Å².